The molecule has 7 heteroatoms. The number of fused-ring (bicyclic) bond motifs is 3. The summed E-state index contributed by atoms with van der Waals surface area (Å²) < 4.78 is 5.96. The van der Waals surface area contributed by atoms with Gasteiger partial charge in [-0.15, -0.1) is 0 Å². The lowest BCUT2D eigenvalue weighted by Crippen LogP contribution is -2.31. The first-order chi connectivity index (χ1) is 14.1. The molecule has 4 aromatic rings. The van der Waals surface area contributed by atoms with E-state index in [0.717, 1.165) is 11.1 Å². The van der Waals surface area contributed by atoms with Gasteiger partial charge in [0.2, 0.25) is 0 Å². The second-order valence-electron chi connectivity index (χ2n) is 6.77. The normalized spacial score (nSPS) is 12.7. The van der Waals surface area contributed by atoms with E-state index in [-0.39, 0.29) is 11.6 Å². The zero-order chi connectivity index (χ0) is 20.0. The van der Waals surface area contributed by atoms with Crippen LogP contribution in [-0.4, -0.2) is 15.8 Å². The van der Waals surface area contributed by atoms with Crippen molar-refractivity contribution in [3.63, 3.8) is 0 Å². The Balaban J connectivity index is 1.56. The number of H-pyrrole nitrogens is 1. The number of nitrogens with zero attached hydrogens (tertiary/aromatic N) is 1. The van der Waals surface area contributed by atoms with Gasteiger partial charge >= 0.3 is 0 Å². The molecule has 142 valence electrons. The predicted octanol–water partition coefficient (Wildman–Crippen LogP) is 4.70. The van der Waals surface area contributed by atoms with Gasteiger partial charge in [-0.2, -0.15) is 0 Å². The first-order valence-corrected chi connectivity index (χ1v) is 9.04. The number of amides is 1. The SMILES string of the molecule is O=C(NC1c2ccccc2Oc2ccccc21)c1c[nH]c2ccc([N+](=O)[O-])cc12. The molecule has 0 fully saturated rings. The molecule has 0 unspecified atom stereocenters. The van der Waals surface area contributed by atoms with Crippen LogP contribution in [0.5, 0.6) is 11.5 Å². The minimum atomic E-state index is -0.473. The number of carbonyl (C=O) groups excluding carboxylic acids is 1. The molecule has 0 atom stereocenters. The minimum absolute atomic E-state index is 0.0621. The number of ether oxygens (including phenoxy) is 1. The van der Waals surface area contributed by atoms with Gasteiger partial charge in [0.15, 0.2) is 0 Å². The molecule has 1 aliphatic heterocycles. The lowest BCUT2D eigenvalue weighted by atomic mass is 9.94. The Hall–Kier alpha value is -4.13. The maximum atomic E-state index is 13.1. The smallest absolute Gasteiger partial charge is 0.270 e. The van der Waals surface area contributed by atoms with Crippen LogP contribution in [0.4, 0.5) is 5.69 Å². The Kier molecular flexibility index (Phi) is 3.80. The molecule has 0 bridgehead atoms. The van der Waals surface area contributed by atoms with Gasteiger partial charge < -0.3 is 15.0 Å². The lowest BCUT2D eigenvalue weighted by Gasteiger charge is -2.28. The monoisotopic (exact) mass is 385 g/mol. The van der Waals surface area contributed by atoms with E-state index in [2.05, 4.69) is 10.3 Å². The summed E-state index contributed by atoms with van der Waals surface area (Å²) in [5.41, 5.74) is 2.65. The number of non-ortho nitro benzene ring substituents is 1. The van der Waals surface area contributed by atoms with Gasteiger partial charge in [-0.05, 0) is 18.2 Å². The van der Waals surface area contributed by atoms with Crippen LogP contribution in [0.3, 0.4) is 0 Å². The summed E-state index contributed by atoms with van der Waals surface area (Å²) in [4.78, 5) is 26.8. The largest absolute Gasteiger partial charge is 0.457 e. The Bertz CT molecular complexity index is 1230. The third-order valence-corrected chi connectivity index (χ3v) is 5.08. The van der Waals surface area contributed by atoms with Crippen LogP contribution in [0.25, 0.3) is 10.9 Å². The van der Waals surface area contributed by atoms with Crippen LogP contribution in [0.15, 0.2) is 72.9 Å². The third kappa shape index (κ3) is 2.80. The van der Waals surface area contributed by atoms with E-state index in [1.54, 1.807) is 12.3 Å². The van der Waals surface area contributed by atoms with Crippen LogP contribution in [0.1, 0.15) is 27.5 Å². The van der Waals surface area contributed by atoms with E-state index in [4.69, 9.17) is 4.74 Å². The average molecular weight is 385 g/mol. The molecule has 0 saturated heterocycles. The van der Waals surface area contributed by atoms with Crippen LogP contribution in [0, 0.1) is 10.1 Å². The van der Waals surface area contributed by atoms with Gasteiger partial charge in [-0.1, -0.05) is 36.4 Å². The first kappa shape index (κ1) is 17.0. The maximum Gasteiger partial charge on any atom is 0.270 e. The highest BCUT2D eigenvalue weighted by molar-refractivity contribution is 6.07. The third-order valence-electron chi connectivity index (χ3n) is 5.08. The molecule has 2 N–H and O–H groups in total. The molecule has 5 rings (SSSR count). The molecule has 1 aromatic heterocycles. The van der Waals surface area contributed by atoms with Crippen molar-refractivity contribution in [1.29, 1.82) is 0 Å². The van der Waals surface area contributed by atoms with E-state index >= 15 is 0 Å². The number of nitro groups is 1. The van der Waals surface area contributed by atoms with Gasteiger partial charge in [0.25, 0.3) is 11.6 Å². The van der Waals surface area contributed by atoms with Gasteiger partial charge in [-0.3, -0.25) is 14.9 Å². The van der Waals surface area contributed by atoms with Crippen molar-refractivity contribution in [3.8, 4) is 11.5 Å². The Morgan fingerprint density at radius 3 is 2.31 bits per heavy atom. The molecule has 0 spiro atoms. The van der Waals surface area contributed by atoms with Crippen LogP contribution >= 0.6 is 0 Å². The quantitative estimate of drug-likeness (QED) is 0.394. The van der Waals surface area contributed by atoms with Crippen LogP contribution in [0.2, 0.25) is 0 Å². The number of nitrogens with one attached hydrogen (secondary N) is 2. The molecule has 7 nitrogen and oxygen atoms in total. The van der Waals surface area contributed by atoms with Crippen molar-refractivity contribution in [2.75, 3.05) is 0 Å². The van der Waals surface area contributed by atoms with Crippen molar-refractivity contribution in [2.45, 2.75) is 6.04 Å². The Morgan fingerprint density at radius 1 is 1.00 bits per heavy atom. The number of benzene rings is 3. The van der Waals surface area contributed by atoms with Gasteiger partial charge in [0.05, 0.1) is 16.5 Å². The van der Waals surface area contributed by atoms with Crippen molar-refractivity contribution in [1.82, 2.24) is 10.3 Å². The summed E-state index contributed by atoms with van der Waals surface area (Å²) in [7, 11) is 0. The number of nitro benzene ring substituents is 1. The summed E-state index contributed by atoms with van der Waals surface area (Å²) in [6, 6.07) is 19.1. The number of hydrogen-bond donors (Lipinski definition) is 2. The standard InChI is InChI=1S/C22H15N3O4/c26-22(17-12-23-18-10-9-13(25(27)28)11-16(17)18)24-21-14-5-1-3-7-19(14)29-20-8-4-2-6-15(20)21/h1-12,21,23H,(H,24,26). The second-order valence-corrected chi connectivity index (χ2v) is 6.77. The van der Waals surface area contributed by atoms with Crippen molar-refractivity contribution in [3.05, 3.63) is 99.7 Å². The number of aromatic nitrogens is 1. The Morgan fingerprint density at radius 2 is 1.66 bits per heavy atom. The molecular formula is C22H15N3O4. The van der Waals surface area contributed by atoms with Crippen LogP contribution < -0.4 is 10.1 Å². The van der Waals surface area contributed by atoms with Crippen molar-refractivity contribution in [2.24, 2.45) is 0 Å². The first-order valence-electron chi connectivity index (χ1n) is 9.04. The molecule has 3 aromatic carbocycles. The van der Waals surface area contributed by atoms with E-state index < -0.39 is 11.0 Å². The van der Waals surface area contributed by atoms with Crippen molar-refractivity contribution < 1.29 is 14.5 Å². The zero-order valence-corrected chi connectivity index (χ0v) is 15.1. The van der Waals surface area contributed by atoms with E-state index in [1.165, 1.54) is 12.1 Å². The molecule has 29 heavy (non-hydrogen) atoms. The maximum absolute atomic E-state index is 13.1. The molecule has 1 aliphatic rings. The fourth-order valence-corrected chi connectivity index (χ4v) is 3.68. The average Bonchev–Trinajstić information content (AvgIpc) is 3.17. The number of carbonyl (C=O) groups is 1. The van der Waals surface area contributed by atoms with E-state index in [1.807, 2.05) is 48.5 Å². The summed E-state index contributed by atoms with van der Waals surface area (Å²) in [6.07, 6.45) is 1.57. The highest BCUT2D eigenvalue weighted by Gasteiger charge is 2.29. The van der Waals surface area contributed by atoms with Crippen LogP contribution in [-0.2, 0) is 0 Å². The fraction of sp³-hybridized carbons (Fsp3) is 0.0455. The predicted molar refractivity (Wildman–Crippen MR) is 107 cm³/mol. The minimum Gasteiger partial charge on any atom is -0.457 e. The number of rotatable bonds is 3. The van der Waals surface area contributed by atoms with Gasteiger partial charge in [0.1, 0.15) is 11.5 Å². The molecule has 0 aliphatic carbocycles. The molecule has 0 saturated carbocycles. The summed E-state index contributed by atoms with van der Waals surface area (Å²) in [5.74, 6) is 1.05. The highest BCUT2D eigenvalue weighted by atomic mass is 16.6. The number of hydrogen-bond acceptors (Lipinski definition) is 4. The Labute approximate surface area is 165 Å². The second kappa shape index (κ2) is 6.49. The molecule has 1 amide bonds. The molecule has 2 heterocycles. The van der Waals surface area contributed by atoms with E-state index in [0.29, 0.717) is 28.0 Å². The lowest BCUT2D eigenvalue weighted by molar-refractivity contribution is -0.384. The number of aromatic amines is 1. The zero-order valence-electron chi connectivity index (χ0n) is 15.1. The summed E-state index contributed by atoms with van der Waals surface area (Å²) in [6.45, 7) is 0. The topological polar surface area (TPSA) is 97.3 Å². The molecule has 0 radical (unpaired) electrons. The van der Waals surface area contributed by atoms with Gasteiger partial charge in [-0.25, -0.2) is 0 Å². The van der Waals surface area contributed by atoms with Gasteiger partial charge in [0, 0.05) is 40.4 Å². The summed E-state index contributed by atoms with van der Waals surface area (Å²) >= 11 is 0. The van der Waals surface area contributed by atoms with Crippen molar-refractivity contribution >= 4 is 22.5 Å². The summed E-state index contributed by atoms with van der Waals surface area (Å²) in [5, 5.41) is 14.7. The molecular weight excluding hydrogens is 370 g/mol. The number of para-hydroxylation sites is 2. The highest BCUT2D eigenvalue weighted by Crippen LogP contribution is 2.42. The fourth-order valence-electron chi connectivity index (χ4n) is 3.68. The van der Waals surface area contributed by atoms with E-state index in [9.17, 15) is 14.9 Å².